The van der Waals surface area contributed by atoms with Crippen LogP contribution in [0.5, 0.6) is 0 Å². The Bertz CT molecular complexity index is 653. The van der Waals surface area contributed by atoms with Crippen LogP contribution in [0.15, 0.2) is 16.9 Å². The maximum Gasteiger partial charge on any atom is 0.261 e. The Hall–Kier alpha value is -1.69. The summed E-state index contributed by atoms with van der Waals surface area (Å²) in [6.45, 7) is 4.78. The third kappa shape index (κ3) is 2.43. The fourth-order valence-corrected chi connectivity index (χ4v) is 1.99. The summed E-state index contributed by atoms with van der Waals surface area (Å²) in [5, 5.41) is 5.51. The molecule has 0 saturated carbocycles. The van der Waals surface area contributed by atoms with Crippen molar-refractivity contribution in [2.75, 3.05) is 0 Å². The first-order valence-corrected chi connectivity index (χ1v) is 6.39. The number of aromatic amines is 2. The minimum absolute atomic E-state index is 0.0267. The van der Waals surface area contributed by atoms with E-state index in [9.17, 15) is 4.79 Å². The maximum absolute atomic E-state index is 12.4. The molecule has 0 spiro atoms. The maximum atomic E-state index is 12.4. The Balaban J connectivity index is 2.50. The summed E-state index contributed by atoms with van der Waals surface area (Å²) in [6.07, 6.45) is 2.04. The zero-order valence-corrected chi connectivity index (χ0v) is 11.3. The molecule has 0 atom stereocenters. The van der Waals surface area contributed by atoms with Crippen molar-refractivity contribution < 1.29 is 0 Å². The Morgan fingerprint density at radius 3 is 2.78 bits per heavy atom. The lowest BCUT2D eigenvalue weighted by atomic mass is 10.2. The molecule has 2 rings (SSSR count). The van der Waals surface area contributed by atoms with Crippen LogP contribution in [0.3, 0.4) is 0 Å². The molecule has 0 bridgehead atoms. The van der Waals surface area contributed by atoms with Gasteiger partial charge in [0.1, 0.15) is 0 Å². The van der Waals surface area contributed by atoms with Gasteiger partial charge < -0.3 is 4.57 Å². The van der Waals surface area contributed by atoms with Gasteiger partial charge in [0.2, 0.25) is 4.77 Å². The number of unbranched alkanes of at least 4 members (excludes halogenated alkanes) is 1. The minimum Gasteiger partial charge on any atom is -0.312 e. The molecule has 0 fully saturated rings. The Morgan fingerprint density at radius 2 is 2.17 bits per heavy atom. The zero-order valence-electron chi connectivity index (χ0n) is 10.5. The van der Waals surface area contributed by atoms with Gasteiger partial charge in [-0.1, -0.05) is 13.3 Å². The first-order chi connectivity index (χ1) is 8.63. The van der Waals surface area contributed by atoms with Crippen LogP contribution in [0, 0.1) is 11.7 Å². The van der Waals surface area contributed by atoms with E-state index in [2.05, 4.69) is 22.1 Å². The monoisotopic (exact) mass is 264 g/mol. The van der Waals surface area contributed by atoms with Crippen molar-refractivity contribution in [3.63, 3.8) is 0 Å². The van der Waals surface area contributed by atoms with Crippen molar-refractivity contribution in [2.24, 2.45) is 0 Å². The third-order valence-electron chi connectivity index (χ3n) is 2.88. The van der Waals surface area contributed by atoms with Crippen molar-refractivity contribution in [1.82, 2.24) is 19.7 Å². The van der Waals surface area contributed by atoms with Crippen LogP contribution in [-0.2, 0) is 6.54 Å². The van der Waals surface area contributed by atoms with Gasteiger partial charge in [-0.3, -0.25) is 15.0 Å². The molecule has 2 aromatic rings. The summed E-state index contributed by atoms with van der Waals surface area (Å²) < 4.78 is 2.13. The smallest absolute Gasteiger partial charge is 0.261 e. The van der Waals surface area contributed by atoms with Crippen molar-refractivity contribution >= 4 is 12.2 Å². The van der Waals surface area contributed by atoms with E-state index in [1.54, 1.807) is 10.6 Å². The molecular formula is C12H16N4OS. The minimum atomic E-state index is -0.0267. The number of aryl methyl sites for hydroxylation is 1. The van der Waals surface area contributed by atoms with E-state index >= 15 is 0 Å². The molecule has 2 heterocycles. The lowest BCUT2D eigenvalue weighted by Gasteiger charge is -2.10. The topological polar surface area (TPSA) is 66.5 Å². The average molecular weight is 264 g/mol. The molecule has 96 valence electrons. The van der Waals surface area contributed by atoms with Gasteiger partial charge in [0.05, 0.1) is 5.56 Å². The van der Waals surface area contributed by atoms with Gasteiger partial charge in [0, 0.05) is 12.2 Å². The van der Waals surface area contributed by atoms with E-state index in [1.807, 2.05) is 13.0 Å². The predicted molar refractivity (Wildman–Crippen MR) is 73.1 cm³/mol. The van der Waals surface area contributed by atoms with E-state index in [0.29, 0.717) is 16.2 Å². The second-order valence-electron chi connectivity index (χ2n) is 4.21. The van der Waals surface area contributed by atoms with Crippen LogP contribution in [-0.4, -0.2) is 19.7 Å². The summed E-state index contributed by atoms with van der Waals surface area (Å²) in [5.41, 5.74) is 1.48. The molecule has 5 nitrogen and oxygen atoms in total. The highest BCUT2D eigenvalue weighted by molar-refractivity contribution is 7.71. The molecule has 0 aromatic carbocycles. The van der Waals surface area contributed by atoms with Crippen molar-refractivity contribution in [2.45, 2.75) is 33.2 Å². The molecule has 18 heavy (non-hydrogen) atoms. The summed E-state index contributed by atoms with van der Waals surface area (Å²) in [7, 11) is 0. The van der Waals surface area contributed by atoms with E-state index in [1.165, 1.54) is 0 Å². The quantitative estimate of drug-likeness (QED) is 0.833. The van der Waals surface area contributed by atoms with Gasteiger partial charge in [0.15, 0.2) is 5.82 Å². The number of rotatable bonds is 4. The fraction of sp³-hybridized carbons (Fsp3) is 0.417. The largest absolute Gasteiger partial charge is 0.312 e. The van der Waals surface area contributed by atoms with Gasteiger partial charge in [-0.2, -0.15) is 4.98 Å². The number of nitrogens with zero attached hydrogens (tertiary/aromatic N) is 2. The average Bonchev–Trinajstić information content (AvgIpc) is 2.76. The Morgan fingerprint density at radius 1 is 1.39 bits per heavy atom. The fourth-order valence-electron chi connectivity index (χ4n) is 1.84. The molecule has 0 radical (unpaired) electrons. The standard InChI is InChI=1S/C12H16N4OS/c1-3-4-7-16-8(2)5-6-9(11(16)17)10-13-12(18)15-14-10/h5-6H,3-4,7H2,1-2H3,(H2,13,14,15,18). The highest BCUT2D eigenvalue weighted by atomic mass is 32.1. The Labute approximate surface area is 110 Å². The SMILES string of the molecule is CCCCn1c(C)ccc(-c2nc(=S)[nH][nH]2)c1=O. The molecule has 6 heteroatoms. The second-order valence-corrected chi connectivity index (χ2v) is 4.60. The third-order valence-corrected chi connectivity index (χ3v) is 3.08. The number of hydrogen-bond donors (Lipinski definition) is 2. The molecule has 0 aliphatic heterocycles. The van der Waals surface area contributed by atoms with E-state index < -0.39 is 0 Å². The van der Waals surface area contributed by atoms with Gasteiger partial charge in [-0.05, 0) is 37.7 Å². The number of pyridine rings is 1. The summed E-state index contributed by atoms with van der Waals surface area (Å²) in [6, 6.07) is 3.71. The number of nitrogens with one attached hydrogen (secondary N) is 2. The Kier molecular flexibility index (Phi) is 3.76. The van der Waals surface area contributed by atoms with Crippen molar-refractivity contribution in [3.8, 4) is 11.4 Å². The predicted octanol–water partition coefficient (Wildman–Crippen LogP) is 2.40. The zero-order chi connectivity index (χ0) is 13.1. The molecule has 2 N–H and O–H groups in total. The summed E-state index contributed by atoms with van der Waals surface area (Å²) >= 11 is 4.90. The second kappa shape index (κ2) is 5.30. The van der Waals surface area contributed by atoms with Crippen LogP contribution >= 0.6 is 12.2 Å². The number of aromatic nitrogens is 4. The van der Waals surface area contributed by atoms with Gasteiger partial charge in [-0.15, -0.1) is 0 Å². The van der Waals surface area contributed by atoms with Crippen LogP contribution in [0.4, 0.5) is 0 Å². The van der Waals surface area contributed by atoms with Crippen molar-refractivity contribution in [1.29, 1.82) is 0 Å². The van der Waals surface area contributed by atoms with Crippen molar-refractivity contribution in [3.05, 3.63) is 33.0 Å². The molecule has 0 unspecified atom stereocenters. The van der Waals surface area contributed by atoms with Crippen LogP contribution in [0.25, 0.3) is 11.4 Å². The first-order valence-electron chi connectivity index (χ1n) is 5.99. The normalized spacial score (nSPS) is 10.8. The van der Waals surface area contributed by atoms with E-state index in [0.717, 1.165) is 25.1 Å². The molecular weight excluding hydrogens is 248 g/mol. The first kappa shape index (κ1) is 12.8. The lowest BCUT2D eigenvalue weighted by molar-refractivity contribution is 0.599. The lowest BCUT2D eigenvalue weighted by Crippen LogP contribution is -2.24. The van der Waals surface area contributed by atoms with E-state index in [4.69, 9.17) is 12.2 Å². The summed E-state index contributed by atoms with van der Waals surface area (Å²) in [5.74, 6) is 0.496. The highest BCUT2D eigenvalue weighted by Crippen LogP contribution is 2.10. The van der Waals surface area contributed by atoms with Gasteiger partial charge in [-0.25, -0.2) is 0 Å². The van der Waals surface area contributed by atoms with Crippen LogP contribution in [0.1, 0.15) is 25.5 Å². The van der Waals surface area contributed by atoms with Gasteiger partial charge >= 0.3 is 0 Å². The van der Waals surface area contributed by atoms with E-state index in [-0.39, 0.29) is 5.56 Å². The molecule has 2 aromatic heterocycles. The molecule has 0 aliphatic carbocycles. The highest BCUT2D eigenvalue weighted by Gasteiger charge is 2.10. The van der Waals surface area contributed by atoms with Crippen LogP contribution in [0.2, 0.25) is 0 Å². The van der Waals surface area contributed by atoms with Crippen LogP contribution < -0.4 is 5.56 Å². The molecule has 0 aliphatic rings. The number of H-pyrrole nitrogens is 2. The molecule has 0 amide bonds. The van der Waals surface area contributed by atoms with Gasteiger partial charge in [0.25, 0.3) is 5.56 Å². The summed E-state index contributed by atoms with van der Waals surface area (Å²) in [4.78, 5) is 16.4. The number of hydrogen-bond acceptors (Lipinski definition) is 3. The molecule has 0 saturated heterocycles.